The Morgan fingerprint density at radius 1 is 1.36 bits per heavy atom. The number of halogens is 1. The average molecular weight is 399 g/mol. The molecule has 0 radical (unpaired) electrons. The zero-order valence-electron chi connectivity index (χ0n) is 15.5. The van der Waals surface area contributed by atoms with Crippen LogP contribution in [0.25, 0.3) is 6.08 Å². The smallest absolute Gasteiger partial charge is 0.331 e. The van der Waals surface area contributed by atoms with E-state index in [1.807, 2.05) is 30.3 Å². The van der Waals surface area contributed by atoms with Crippen molar-refractivity contribution in [2.75, 3.05) is 6.61 Å². The first-order valence-electron chi connectivity index (χ1n) is 8.34. The van der Waals surface area contributed by atoms with E-state index in [0.717, 1.165) is 11.6 Å². The normalized spacial score (nSPS) is 11.8. The molecular weight excluding hydrogens is 380 g/mol. The van der Waals surface area contributed by atoms with Crippen LogP contribution in [-0.2, 0) is 20.9 Å². The lowest BCUT2D eigenvalue weighted by Crippen LogP contribution is -2.16. The van der Waals surface area contributed by atoms with Crippen molar-refractivity contribution in [3.63, 3.8) is 0 Å². The van der Waals surface area contributed by atoms with E-state index in [1.54, 1.807) is 17.7 Å². The van der Waals surface area contributed by atoms with E-state index in [0.29, 0.717) is 23.0 Å². The Labute approximate surface area is 167 Å². The lowest BCUT2D eigenvalue weighted by atomic mass is 10.1. The summed E-state index contributed by atoms with van der Waals surface area (Å²) in [5.41, 5.74) is 7.56. The monoisotopic (exact) mass is 398 g/mol. The number of aryl methyl sites for hydroxylation is 1. The largest absolute Gasteiger partial charge is 0.454 e. The summed E-state index contributed by atoms with van der Waals surface area (Å²) in [5, 5.41) is 13.6. The first kappa shape index (κ1) is 20.9. The van der Waals surface area contributed by atoms with Crippen LogP contribution in [0.1, 0.15) is 23.7 Å². The number of allylic oxidation sites excluding steroid dienone is 1. The molecule has 0 atom stereocenters. The molecule has 0 saturated heterocycles. The first-order valence-corrected chi connectivity index (χ1v) is 8.72. The van der Waals surface area contributed by atoms with Crippen molar-refractivity contribution in [2.45, 2.75) is 20.4 Å². The predicted molar refractivity (Wildman–Crippen MR) is 105 cm³/mol. The molecule has 2 aromatic rings. The van der Waals surface area contributed by atoms with Crippen molar-refractivity contribution in [3.05, 3.63) is 69.7 Å². The van der Waals surface area contributed by atoms with Crippen LogP contribution in [0.15, 0.2) is 47.7 Å². The maximum Gasteiger partial charge on any atom is 0.331 e. The van der Waals surface area contributed by atoms with Gasteiger partial charge >= 0.3 is 5.97 Å². The summed E-state index contributed by atoms with van der Waals surface area (Å²) in [6.07, 6.45) is 2.63. The fraction of sp³-hybridized carbons (Fsp3) is 0.200. The first-order chi connectivity index (χ1) is 13.3. The fourth-order valence-electron chi connectivity index (χ4n) is 2.40. The van der Waals surface area contributed by atoms with Gasteiger partial charge in [-0.3, -0.25) is 4.79 Å². The molecule has 8 heteroatoms. The number of benzene rings is 1. The highest BCUT2D eigenvalue weighted by molar-refractivity contribution is 6.31. The van der Waals surface area contributed by atoms with Crippen LogP contribution in [0, 0.1) is 18.3 Å². The van der Waals surface area contributed by atoms with Gasteiger partial charge in [-0.25, -0.2) is 9.48 Å². The van der Waals surface area contributed by atoms with Crippen molar-refractivity contribution in [1.29, 1.82) is 5.26 Å². The van der Waals surface area contributed by atoms with Crippen LogP contribution in [0.5, 0.6) is 0 Å². The number of esters is 1. The molecule has 144 valence electrons. The number of carbonyl (C=O) groups is 2. The second-order valence-electron chi connectivity index (χ2n) is 5.97. The van der Waals surface area contributed by atoms with Crippen LogP contribution >= 0.6 is 11.6 Å². The number of carbonyl (C=O) groups excluding carboxylic acids is 2. The minimum absolute atomic E-state index is 0.0762. The molecule has 0 amide bonds. The van der Waals surface area contributed by atoms with Gasteiger partial charge in [0.05, 0.1) is 12.2 Å². The summed E-state index contributed by atoms with van der Waals surface area (Å²) in [6, 6.07) is 11.4. The van der Waals surface area contributed by atoms with Crippen LogP contribution in [0.2, 0.25) is 5.15 Å². The number of hydrogen-bond donors (Lipinski definition) is 1. The Morgan fingerprint density at radius 3 is 2.64 bits per heavy atom. The summed E-state index contributed by atoms with van der Waals surface area (Å²) in [5.74, 6) is -1.40. The molecule has 0 aliphatic heterocycles. The number of Topliss-reactive ketones (excluding diaryl/α,β-unsaturated/α-hetero) is 1. The second-order valence-corrected chi connectivity index (χ2v) is 6.33. The molecule has 0 saturated carbocycles. The quantitative estimate of drug-likeness (QED) is 0.436. The highest BCUT2D eigenvalue weighted by Crippen LogP contribution is 2.22. The Bertz CT molecular complexity index is 981. The van der Waals surface area contributed by atoms with Crippen LogP contribution in [0.4, 0.5) is 0 Å². The van der Waals surface area contributed by atoms with Gasteiger partial charge in [-0.05, 0) is 25.5 Å². The van der Waals surface area contributed by atoms with Gasteiger partial charge < -0.3 is 10.5 Å². The van der Waals surface area contributed by atoms with E-state index >= 15 is 0 Å². The van der Waals surface area contributed by atoms with Crippen molar-refractivity contribution in [3.8, 4) is 6.07 Å². The molecule has 0 spiro atoms. The minimum Gasteiger partial charge on any atom is -0.454 e. The van der Waals surface area contributed by atoms with Gasteiger partial charge in [0.25, 0.3) is 0 Å². The van der Waals surface area contributed by atoms with E-state index in [4.69, 9.17) is 27.3 Å². The van der Waals surface area contributed by atoms with Crippen molar-refractivity contribution >= 4 is 29.4 Å². The number of aromatic nitrogens is 2. The molecule has 0 aliphatic rings. The molecule has 1 aromatic heterocycles. The number of nitrogens with zero attached hydrogens (tertiary/aromatic N) is 3. The Morgan fingerprint density at radius 2 is 2.04 bits per heavy atom. The standard InChI is InChI=1S/C20H19ClN4O3/c1-13(23)17(10-22)18(26)12-28-19(27)9-8-16-14(2)24-25(20(16)21)11-15-6-4-3-5-7-15/h3-9H,11-12,23H2,1-2H3. The maximum absolute atomic E-state index is 11.9. The van der Waals surface area contributed by atoms with E-state index < -0.39 is 18.4 Å². The summed E-state index contributed by atoms with van der Waals surface area (Å²) >= 11 is 6.37. The summed E-state index contributed by atoms with van der Waals surface area (Å²) in [4.78, 5) is 23.6. The van der Waals surface area contributed by atoms with E-state index in [2.05, 4.69) is 5.10 Å². The molecule has 2 N–H and O–H groups in total. The van der Waals surface area contributed by atoms with E-state index in [-0.39, 0.29) is 11.3 Å². The third kappa shape index (κ3) is 5.32. The Kier molecular flexibility index (Phi) is 7.13. The molecule has 0 unspecified atom stereocenters. The van der Waals surface area contributed by atoms with Crippen molar-refractivity contribution in [1.82, 2.24) is 9.78 Å². The number of hydrogen-bond acceptors (Lipinski definition) is 6. The summed E-state index contributed by atoms with van der Waals surface area (Å²) in [7, 11) is 0. The highest BCUT2D eigenvalue weighted by atomic mass is 35.5. The number of nitriles is 1. The fourth-order valence-corrected chi connectivity index (χ4v) is 2.69. The highest BCUT2D eigenvalue weighted by Gasteiger charge is 2.14. The molecule has 7 nitrogen and oxygen atoms in total. The Hall–Kier alpha value is -3.37. The maximum atomic E-state index is 11.9. The van der Waals surface area contributed by atoms with Gasteiger partial charge in [0.15, 0.2) is 6.61 Å². The average Bonchev–Trinajstić information content (AvgIpc) is 2.92. The third-order valence-electron chi connectivity index (χ3n) is 3.80. The number of ketones is 1. The molecule has 0 fully saturated rings. The molecule has 28 heavy (non-hydrogen) atoms. The molecule has 2 rings (SSSR count). The van der Waals surface area contributed by atoms with Gasteiger partial charge in [0.2, 0.25) is 5.78 Å². The van der Waals surface area contributed by atoms with Crippen molar-refractivity contribution < 1.29 is 14.3 Å². The van der Waals surface area contributed by atoms with E-state index in [9.17, 15) is 9.59 Å². The zero-order chi connectivity index (χ0) is 20.7. The van der Waals surface area contributed by atoms with E-state index in [1.165, 1.54) is 13.0 Å². The SMILES string of the molecule is CC(N)=C(C#N)C(=O)COC(=O)C=Cc1c(C)nn(Cc2ccccc2)c1Cl. The van der Waals surface area contributed by atoms with Crippen LogP contribution < -0.4 is 5.73 Å². The molecule has 0 aliphatic carbocycles. The minimum atomic E-state index is -0.744. The van der Waals surface area contributed by atoms with Crippen LogP contribution in [-0.4, -0.2) is 28.1 Å². The zero-order valence-corrected chi connectivity index (χ0v) is 16.2. The topological polar surface area (TPSA) is 111 Å². The lowest BCUT2D eigenvalue weighted by molar-refractivity contribution is -0.141. The number of rotatable bonds is 7. The second kappa shape index (κ2) is 9.53. The van der Waals surface area contributed by atoms with Gasteiger partial charge in [-0.2, -0.15) is 10.4 Å². The van der Waals surface area contributed by atoms with Gasteiger partial charge in [-0.1, -0.05) is 41.9 Å². The summed E-state index contributed by atoms with van der Waals surface area (Å²) < 4.78 is 6.49. The molecule has 0 bridgehead atoms. The van der Waals surface area contributed by atoms with Gasteiger partial charge in [0, 0.05) is 17.3 Å². The predicted octanol–water partition coefficient (Wildman–Crippen LogP) is 2.78. The van der Waals surface area contributed by atoms with Gasteiger partial charge in [-0.15, -0.1) is 0 Å². The number of ether oxygens (including phenoxy) is 1. The lowest BCUT2D eigenvalue weighted by Gasteiger charge is -2.03. The number of nitrogens with two attached hydrogens (primary N) is 1. The molecule has 1 heterocycles. The molecule has 1 aromatic carbocycles. The third-order valence-corrected chi connectivity index (χ3v) is 4.20. The van der Waals surface area contributed by atoms with Crippen molar-refractivity contribution in [2.24, 2.45) is 5.73 Å². The van der Waals surface area contributed by atoms with Gasteiger partial charge in [0.1, 0.15) is 16.8 Å². The summed E-state index contributed by atoms with van der Waals surface area (Å²) in [6.45, 7) is 3.13. The Balaban J connectivity index is 2.04. The molecular formula is C20H19ClN4O3. The van der Waals surface area contributed by atoms with Crippen LogP contribution in [0.3, 0.4) is 0 Å².